The fraction of sp³-hybridized carbons (Fsp3) is 0.577. The maximum Gasteiger partial charge on any atom is 0.150 e. The highest BCUT2D eigenvalue weighted by Gasteiger charge is 2.38. The Bertz CT molecular complexity index is 1190. The van der Waals surface area contributed by atoms with E-state index in [2.05, 4.69) is 27.0 Å². The van der Waals surface area contributed by atoms with E-state index in [1.165, 1.54) is 5.69 Å². The van der Waals surface area contributed by atoms with Crippen molar-refractivity contribution in [2.45, 2.75) is 25.5 Å². The zero-order chi connectivity index (χ0) is 23.2. The quantitative estimate of drug-likeness (QED) is 0.569. The molecule has 4 fully saturated rings. The number of pyridine rings is 2. The molecule has 0 aromatic carbocycles. The summed E-state index contributed by atoms with van der Waals surface area (Å²) in [5, 5.41) is 5.79. The van der Waals surface area contributed by atoms with Gasteiger partial charge in [-0.05, 0) is 31.4 Å². The van der Waals surface area contributed by atoms with Crippen molar-refractivity contribution in [2.24, 2.45) is 11.8 Å². The minimum absolute atomic E-state index is 0.0503. The topological polar surface area (TPSA) is 77.8 Å². The Kier molecular flexibility index (Phi) is 5.56. The van der Waals surface area contributed by atoms with Gasteiger partial charge in [0.05, 0.1) is 32.1 Å². The van der Waals surface area contributed by atoms with Crippen LogP contribution in [0.4, 0.5) is 11.5 Å². The third-order valence-electron chi connectivity index (χ3n) is 7.95. The number of fused-ring (bicyclic) bond motifs is 2. The summed E-state index contributed by atoms with van der Waals surface area (Å²) >= 11 is 0. The van der Waals surface area contributed by atoms with Crippen molar-refractivity contribution >= 4 is 22.4 Å². The van der Waals surface area contributed by atoms with Crippen LogP contribution in [-0.2, 0) is 14.2 Å². The lowest BCUT2D eigenvalue weighted by Crippen LogP contribution is -2.37. The first kappa shape index (κ1) is 21.5. The summed E-state index contributed by atoms with van der Waals surface area (Å²) in [5.41, 5.74) is 4.01. The van der Waals surface area contributed by atoms with Crippen LogP contribution < -0.4 is 9.80 Å². The van der Waals surface area contributed by atoms with Crippen LogP contribution in [0.3, 0.4) is 0 Å². The van der Waals surface area contributed by atoms with E-state index in [0.717, 1.165) is 107 Å². The number of nitrogens with zero attached hydrogens (tertiary/aromatic N) is 6. The molecule has 4 aliphatic heterocycles. The van der Waals surface area contributed by atoms with Gasteiger partial charge in [-0.15, -0.1) is 0 Å². The summed E-state index contributed by atoms with van der Waals surface area (Å²) < 4.78 is 19.4. The van der Waals surface area contributed by atoms with Crippen LogP contribution in [-0.4, -0.2) is 79.0 Å². The molecule has 0 radical (unpaired) electrons. The first-order chi connectivity index (χ1) is 17.3. The standard InChI is InChI=1S/C26H32N6O3/c1-2-10-35-24(3-1)32-21(5-7-28-32)26-25-20(4-6-27-26)22(31-14-18-16-34-17-19(18)15-31)13-23(29-25)30-8-11-33-12-9-30/h4-7,13,18-19,24H,1-3,8-12,14-17H2/t18-,19+,24?. The molecule has 0 spiro atoms. The molecule has 35 heavy (non-hydrogen) atoms. The van der Waals surface area contributed by atoms with E-state index in [1.807, 2.05) is 23.1 Å². The Morgan fingerprint density at radius 1 is 0.886 bits per heavy atom. The highest BCUT2D eigenvalue weighted by atomic mass is 16.5. The number of ether oxygens (including phenoxy) is 3. The van der Waals surface area contributed by atoms with Gasteiger partial charge in [-0.2, -0.15) is 5.10 Å². The maximum atomic E-state index is 6.07. The third kappa shape index (κ3) is 3.86. The average molecular weight is 477 g/mol. The Balaban J connectivity index is 1.36. The van der Waals surface area contributed by atoms with E-state index >= 15 is 0 Å². The number of morpholine rings is 1. The van der Waals surface area contributed by atoms with Crippen molar-refractivity contribution in [1.82, 2.24) is 19.7 Å². The Hall–Kier alpha value is -2.75. The lowest BCUT2D eigenvalue weighted by Gasteiger charge is -2.30. The average Bonchev–Trinajstić information content (AvgIpc) is 3.66. The fourth-order valence-corrected chi connectivity index (χ4v) is 6.06. The van der Waals surface area contributed by atoms with Crippen molar-refractivity contribution in [3.8, 4) is 11.4 Å². The Morgan fingerprint density at radius 2 is 1.74 bits per heavy atom. The first-order valence-electron chi connectivity index (χ1n) is 13.0. The molecule has 0 N–H and O–H groups in total. The van der Waals surface area contributed by atoms with Gasteiger partial charge in [0.15, 0.2) is 6.23 Å². The van der Waals surface area contributed by atoms with Crippen LogP contribution in [0.2, 0.25) is 0 Å². The molecule has 7 heterocycles. The van der Waals surface area contributed by atoms with Gasteiger partial charge >= 0.3 is 0 Å². The molecule has 4 saturated heterocycles. The molecule has 0 aliphatic carbocycles. The molecule has 9 nitrogen and oxygen atoms in total. The smallest absolute Gasteiger partial charge is 0.150 e. The zero-order valence-corrected chi connectivity index (χ0v) is 20.0. The predicted octanol–water partition coefficient (Wildman–Crippen LogP) is 3.11. The SMILES string of the molecule is c1cc2c(N3C[C@H]4COC[C@H]4C3)cc(N3CCOCC3)nc2c(-c2ccnn2C2CCCCO2)n1. The number of anilines is 2. The molecule has 7 rings (SSSR count). The molecule has 0 bridgehead atoms. The van der Waals surface area contributed by atoms with E-state index in [-0.39, 0.29) is 6.23 Å². The number of rotatable bonds is 4. The summed E-state index contributed by atoms with van der Waals surface area (Å²) in [7, 11) is 0. The van der Waals surface area contributed by atoms with Gasteiger partial charge in [-0.25, -0.2) is 9.67 Å². The van der Waals surface area contributed by atoms with Gasteiger partial charge in [0.25, 0.3) is 0 Å². The second-order valence-electron chi connectivity index (χ2n) is 10.1. The second-order valence-corrected chi connectivity index (χ2v) is 10.1. The van der Waals surface area contributed by atoms with Crippen LogP contribution in [0.5, 0.6) is 0 Å². The molecule has 184 valence electrons. The Labute approximate surface area is 205 Å². The number of hydrogen-bond acceptors (Lipinski definition) is 8. The molecule has 0 amide bonds. The first-order valence-corrected chi connectivity index (χ1v) is 13.0. The van der Waals surface area contributed by atoms with E-state index in [0.29, 0.717) is 11.8 Å². The van der Waals surface area contributed by atoms with E-state index < -0.39 is 0 Å². The lowest BCUT2D eigenvalue weighted by atomic mass is 10.0. The summed E-state index contributed by atoms with van der Waals surface area (Å²) in [6.45, 7) is 7.72. The maximum absolute atomic E-state index is 6.07. The van der Waals surface area contributed by atoms with E-state index in [1.54, 1.807) is 0 Å². The Morgan fingerprint density at radius 3 is 2.54 bits per heavy atom. The largest absolute Gasteiger partial charge is 0.381 e. The number of aromatic nitrogens is 4. The minimum Gasteiger partial charge on any atom is -0.381 e. The van der Waals surface area contributed by atoms with Crippen LogP contribution in [0.15, 0.2) is 30.6 Å². The van der Waals surface area contributed by atoms with Crippen molar-refractivity contribution < 1.29 is 14.2 Å². The molecular weight excluding hydrogens is 444 g/mol. The second kappa shape index (κ2) is 9.04. The fourth-order valence-electron chi connectivity index (χ4n) is 6.06. The zero-order valence-electron chi connectivity index (χ0n) is 20.0. The van der Waals surface area contributed by atoms with Gasteiger partial charge < -0.3 is 24.0 Å². The molecule has 3 aromatic rings. The predicted molar refractivity (Wildman–Crippen MR) is 133 cm³/mol. The van der Waals surface area contributed by atoms with Crippen LogP contribution in [0.1, 0.15) is 25.5 Å². The highest BCUT2D eigenvalue weighted by Crippen LogP contribution is 2.40. The van der Waals surface area contributed by atoms with E-state index in [4.69, 9.17) is 24.2 Å². The van der Waals surface area contributed by atoms with Crippen molar-refractivity contribution in [1.29, 1.82) is 0 Å². The van der Waals surface area contributed by atoms with Gasteiger partial charge in [0, 0.05) is 74.2 Å². The molecule has 3 aromatic heterocycles. The minimum atomic E-state index is -0.0503. The monoisotopic (exact) mass is 476 g/mol. The van der Waals surface area contributed by atoms with Crippen molar-refractivity contribution in [2.75, 3.05) is 69.0 Å². The molecule has 1 unspecified atom stereocenters. The molecule has 0 saturated carbocycles. The van der Waals surface area contributed by atoms with Crippen LogP contribution in [0.25, 0.3) is 22.3 Å². The third-order valence-corrected chi connectivity index (χ3v) is 7.95. The summed E-state index contributed by atoms with van der Waals surface area (Å²) in [4.78, 5) is 15.0. The number of hydrogen-bond donors (Lipinski definition) is 0. The summed E-state index contributed by atoms with van der Waals surface area (Å²) in [6, 6.07) is 6.44. The van der Waals surface area contributed by atoms with Gasteiger partial charge in [-0.3, -0.25) is 4.98 Å². The van der Waals surface area contributed by atoms with Gasteiger partial charge in [0.2, 0.25) is 0 Å². The van der Waals surface area contributed by atoms with Gasteiger partial charge in [0.1, 0.15) is 17.0 Å². The molecule has 3 atom stereocenters. The summed E-state index contributed by atoms with van der Waals surface area (Å²) in [6.07, 6.45) is 6.94. The van der Waals surface area contributed by atoms with Crippen molar-refractivity contribution in [3.05, 3.63) is 30.6 Å². The molecule has 9 heteroatoms. The van der Waals surface area contributed by atoms with Gasteiger partial charge in [-0.1, -0.05) is 0 Å². The van der Waals surface area contributed by atoms with Crippen molar-refractivity contribution in [3.63, 3.8) is 0 Å². The lowest BCUT2D eigenvalue weighted by molar-refractivity contribution is -0.0383. The highest BCUT2D eigenvalue weighted by molar-refractivity contribution is 6.00. The van der Waals surface area contributed by atoms with E-state index in [9.17, 15) is 0 Å². The summed E-state index contributed by atoms with van der Waals surface area (Å²) in [5.74, 6) is 2.21. The normalized spacial score (nSPS) is 27.0. The molecular formula is C26H32N6O3. The van der Waals surface area contributed by atoms with Crippen LogP contribution in [0, 0.1) is 11.8 Å². The molecule has 4 aliphatic rings. The van der Waals surface area contributed by atoms with Crippen LogP contribution >= 0.6 is 0 Å².